The topological polar surface area (TPSA) is 226 Å². The van der Waals surface area contributed by atoms with E-state index in [0.29, 0.717) is 12.8 Å². The molecule has 1 amide bonds. The molecule has 1 fully saturated rings. The molecule has 14 heteroatoms. The van der Waals surface area contributed by atoms with E-state index in [2.05, 4.69) is 31.3 Å². The van der Waals surface area contributed by atoms with Crippen LogP contribution in [0.5, 0.6) is 0 Å². The number of aliphatic hydroxyl groups is 7. The van der Waals surface area contributed by atoms with Crippen molar-refractivity contribution in [2.45, 2.75) is 197 Å². The number of aliphatic hydroxyl groups excluding tert-OH is 7. The highest BCUT2D eigenvalue weighted by Gasteiger charge is 2.51. The molecule has 0 aromatic carbocycles. The molecule has 0 spiro atoms. The van der Waals surface area contributed by atoms with Gasteiger partial charge in [0, 0.05) is 0 Å². The molecule has 13 nitrogen and oxygen atoms in total. The van der Waals surface area contributed by atoms with Gasteiger partial charge in [-0.1, -0.05) is 115 Å². The Hall–Kier alpha value is -1.22. The Morgan fingerprint density at radius 1 is 0.686 bits per heavy atom. The quantitative estimate of drug-likeness (QED) is 0.0282. The Kier molecular flexibility index (Phi) is 26.5. The molecular weight excluding hydrogens is 681 g/mol. The van der Waals surface area contributed by atoms with Gasteiger partial charge in [-0.25, -0.2) is 4.57 Å². The van der Waals surface area contributed by atoms with Gasteiger partial charge in [0.05, 0.1) is 31.3 Å². The fourth-order valence-electron chi connectivity index (χ4n) is 6.00. The van der Waals surface area contributed by atoms with Crippen LogP contribution < -0.4 is 5.32 Å². The molecule has 1 rings (SSSR count). The maximum atomic E-state index is 12.9. The van der Waals surface area contributed by atoms with Crippen LogP contribution in [0.1, 0.15) is 142 Å². The first kappa shape index (κ1) is 47.8. The Bertz CT molecular complexity index is 985. The van der Waals surface area contributed by atoms with E-state index in [-0.39, 0.29) is 6.42 Å². The van der Waals surface area contributed by atoms with Crippen molar-refractivity contribution < 1.29 is 59.0 Å². The zero-order valence-corrected chi connectivity index (χ0v) is 31.9. The van der Waals surface area contributed by atoms with Gasteiger partial charge in [0.15, 0.2) is 0 Å². The average molecular weight is 752 g/mol. The number of allylic oxidation sites excluding steroid dienone is 3. The van der Waals surface area contributed by atoms with Crippen molar-refractivity contribution in [3.63, 3.8) is 0 Å². The molecule has 0 bridgehead atoms. The lowest BCUT2D eigenvalue weighted by molar-refractivity contribution is -0.220. The minimum atomic E-state index is -5.12. The highest BCUT2D eigenvalue weighted by Crippen LogP contribution is 2.47. The highest BCUT2D eigenvalue weighted by atomic mass is 31.2. The summed E-state index contributed by atoms with van der Waals surface area (Å²) in [5, 5.41) is 73.8. The summed E-state index contributed by atoms with van der Waals surface area (Å²) in [5.41, 5.74) is 0. The maximum absolute atomic E-state index is 12.9. The predicted molar refractivity (Wildman–Crippen MR) is 197 cm³/mol. The molecule has 8 unspecified atom stereocenters. The summed E-state index contributed by atoms with van der Waals surface area (Å²) >= 11 is 0. The van der Waals surface area contributed by atoms with E-state index in [1.54, 1.807) is 6.08 Å². The molecule has 300 valence electrons. The van der Waals surface area contributed by atoms with Crippen LogP contribution in [0.3, 0.4) is 0 Å². The number of rotatable bonds is 30. The molecule has 8 atom stereocenters. The largest absolute Gasteiger partial charge is 0.472 e. The van der Waals surface area contributed by atoms with Gasteiger partial charge in [-0.3, -0.25) is 13.8 Å². The first-order chi connectivity index (χ1) is 24.3. The van der Waals surface area contributed by atoms with Gasteiger partial charge in [0.25, 0.3) is 0 Å². The lowest BCUT2D eigenvalue weighted by atomic mass is 9.85. The summed E-state index contributed by atoms with van der Waals surface area (Å²) in [5.74, 6) is -0.604. The van der Waals surface area contributed by atoms with Crippen LogP contribution in [-0.2, 0) is 18.4 Å². The van der Waals surface area contributed by atoms with Crippen molar-refractivity contribution in [3.05, 3.63) is 24.3 Å². The van der Waals surface area contributed by atoms with Crippen LogP contribution in [0.25, 0.3) is 0 Å². The number of unbranched alkanes of at least 4 members (excludes halogenated alkanes) is 15. The molecule has 0 radical (unpaired) electrons. The van der Waals surface area contributed by atoms with E-state index >= 15 is 0 Å². The van der Waals surface area contributed by atoms with Crippen molar-refractivity contribution in [1.29, 1.82) is 0 Å². The monoisotopic (exact) mass is 751 g/mol. The SMILES string of the molecule is CCCCCC/C=C\CCCCCCCC(O)CC(=O)NC(COP(=O)(O)OC1C(O)C(O)C(O)C(O)C1O)C(O)/C=C/CCCCCCCC. The van der Waals surface area contributed by atoms with Gasteiger partial charge in [0.2, 0.25) is 5.91 Å². The van der Waals surface area contributed by atoms with Crippen LogP contribution in [0.15, 0.2) is 24.3 Å². The van der Waals surface area contributed by atoms with Crippen molar-refractivity contribution in [3.8, 4) is 0 Å². The molecule has 1 saturated carbocycles. The Labute approximate surface area is 305 Å². The molecule has 0 heterocycles. The number of carbonyl (C=O) groups is 1. The van der Waals surface area contributed by atoms with Crippen LogP contribution in [-0.4, -0.2) is 108 Å². The summed E-state index contributed by atoms with van der Waals surface area (Å²) in [7, 11) is -5.12. The number of phosphoric ester groups is 1. The molecule has 0 saturated heterocycles. The number of hydrogen-bond acceptors (Lipinski definition) is 11. The molecular formula is C37H70NO12P. The van der Waals surface area contributed by atoms with E-state index in [1.165, 1.54) is 38.2 Å². The van der Waals surface area contributed by atoms with Crippen molar-refractivity contribution >= 4 is 13.7 Å². The molecule has 1 aliphatic carbocycles. The first-order valence-corrected chi connectivity index (χ1v) is 20.9. The van der Waals surface area contributed by atoms with E-state index < -0.39 is 75.2 Å². The van der Waals surface area contributed by atoms with Crippen LogP contribution in [0, 0.1) is 0 Å². The average Bonchev–Trinajstić information content (AvgIpc) is 3.09. The number of nitrogens with one attached hydrogen (secondary N) is 1. The molecule has 0 aromatic heterocycles. The van der Waals surface area contributed by atoms with Gasteiger partial charge < -0.3 is 46.0 Å². The zero-order valence-electron chi connectivity index (χ0n) is 31.0. The third-order valence-electron chi connectivity index (χ3n) is 9.28. The van der Waals surface area contributed by atoms with Crippen LogP contribution in [0.4, 0.5) is 0 Å². The highest BCUT2D eigenvalue weighted by molar-refractivity contribution is 7.47. The molecule has 1 aliphatic rings. The third kappa shape index (κ3) is 21.3. The fraction of sp³-hybridized carbons (Fsp3) is 0.865. The molecule has 0 aliphatic heterocycles. The minimum Gasteiger partial charge on any atom is -0.393 e. The minimum absolute atomic E-state index is 0.250. The standard InChI is InChI=1S/C37H70NO12P/c1-3-5-7-9-11-13-14-15-16-17-18-20-22-24-28(39)26-31(41)38-29(30(40)25-23-21-19-12-10-8-6-4-2)27-49-51(47,48)50-37-35(45)33(43)32(42)34(44)36(37)46/h13-14,23,25,28-30,32-37,39-40,42-46H,3-12,15-22,24,26-27H2,1-2H3,(H,38,41)(H,47,48)/b14-13-,25-23+. The van der Waals surface area contributed by atoms with Gasteiger partial charge in [-0.15, -0.1) is 0 Å². The number of amides is 1. The maximum Gasteiger partial charge on any atom is 0.472 e. The Balaban J connectivity index is 2.62. The number of carbonyl (C=O) groups excluding carboxylic acids is 1. The second kappa shape index (κ2) is 28.3. The second-order valence-electron chi connectivity index (χ2n) is 14.0. The second-order valence-corrected chi connectivity index (χ2v) is 15.4. The van der Waals surface area contributed by atoms with E-state index in [9.17, 15) is 50.0 Å². The van der Waals surface area contributed by atoms with Gasteiger partial charge >= 0.3 is 7.82 Å². The Morgan fingerprint density at radius 3 is 1.69 bits per heavy atom. The van der Waals surface area contributed by atoms with Gasteiger partial charge in [0.1, 0.15) is 36.6 Å². The number of phosphoric acid groups is 1. The normalized spacial score (nSPS) is 25.6. The van der Waals surface area contributed by atoms with Crippen LogP contribution in [0.2, 0.25) is 0 Å². The fourth-order valence-corrected chi connectivity index (χ4v) is 6.96. The lowest BCUT2D eigenvalue weighted by Gasteiger charge is -2.41. The third-order valence-corrected chi connectivity index (χ3v) is 10.3. The van der Waals surface area contributed by atoms with Crippen molar-refractivity contribution in [2.75, 3.05) is 6.61 Å². The summed E-state index contributed by atoms with van der Waals surface area (Å²) in [4.78, 5) is 23.2. The van der Waals surface area contributed by atoms with Gasteiger partial charge in [-0.2, -0.15) is 0 Å². The number of hydrogen-bond donors (Lipinski definition) is 9. The smallest absolute Gasteiger partial charge is 0.393 e. The van der Waals surface area contributed by atoms with Crippen LogP contribution >= 0.6 is 7.82 Å². The van der Waals surface area contributed by atoms with E-state index in [4.69, 9.17) is 9.05 Å². The molecule has 9 N–H and O–H groups in total. The van der Waals surface area contributed by atoms with E-state index in [0.717, 1.165) is 77.0 Å². The predicted octanol–water partition coefficient (Wildman–Crippen LogP) is 4.47. The van der Waals surface area contributed by atoms with Crippen molar-refractivity contribution in [2.24, 2.45) is 0 Å². The zero-order chi connectivity index (χ0) is 38.1. The first-order valence-electron chi connectivity index (χ1n) is 19.4. The summed E-state index contributed by atoms with van der Waals surface area (Å²) in [6, 6.07) is -1.24. The van der Waals surface area contributed by atoms with Gasteiger partial charge in [-0.05, 0) is 44.9 Å². The van der Waals surface area contributed by atoms with E-state index in [1.807, 2.05) is 0 Å². The lowest BCUT2D eigenvalue weighted by Crippen LogP contribution is -2.64. The summed E-state index contributed by atoms with van der Waals surface area (Å²) in [6.45, 7) is 3.62. The molecule has 51 heavy (non-hydrogen) atoms. The molecule has 0 aromatic rings. The van der Waals surface area contributed by atoms with Crippen molar-refractivity contribution in [1.82, 2.24) is 5.32 Å². The Morgan fingerprint density at radius 2 is 1.14 bits per heavy atom. The summed E-state index contributed by atoms with van der Waals surface area (Å²) < 4.78 is 22.7. The summed E-state index contributed by atoms with van der Waals surface area (Å²) in [6.07, 6.45) is 13.1.